The summed E-state index contributed by atoms with van der Waals surface area (Å²) in [4.78, 5) is 13.0. The molecule has 0 atom stereocenters. The van der Waals surface area contributed by atoms with E-state index in [0.29, 0.717) is 12.5 Å². The summed E-state index contributed by atoms with van der Waals surface area (Å²) in [5.74, 6) is -0.0974. The van der Waals surface area contributed by atoms with Crippen LogP contribution in [0.3, 0.4) is 0 Å². The van der Waals surface area contributed by atoms with Crippen molar-refractivity contribution >= 4 is 5.97 Å². The van der Waals surface area contributed by atoms with Crippen molar-refractivity contribution in [3.05, 3.63) is 11.6 Å². The Balaban J connectivity index is 2.34. The molecule has 0 spiro atoms. The van der Waals surface area contributed by atoms with Gasteiger partial charge in [0.25, 0.3) is 0 Å². The van der Waals surface area contributed by atoms with Gasteiger partial charge in [0.2, 0.25) is 0 Å². The maximum atomic E-state index is 10.7. The summed E-state index contributed by atoms with van der Waals surface area (Å²) in [6.07, 6.45) is 8.89. The van der Waals surface area contributed by atoms with Gasteiger partial charge in [0, 0.05) is 19.6 Å². The predicted octanol–water partition coefficient (Wildman–Crippen LogP) is 3.31. The van der Waals surface area contributed by atoms with E-state index in [-0.39, 0.29) is 6.42 Å². The molecule has 3 nitrogen and oxygen atoms in total. The van der Waals surface area contributed by atoms with Gasteiger partial charge in [-0.3, -0.25) is 4.79 Å². The second kappa shape index (κ2) is 8.30. The molecule has 0 aliphatic heterocycles. The number of carbonyl (C=O) groups is 1. The third kappa shape index (κ3) is 6.80. The summed E-state index contributed by atoms with van der Waals surface area (Å²) in [6, 6.07) is 0. The van der Waals surface area contributed by atoms with Crippen LogP contribution in [0.4, 0.5) is 0 Å². The third-order valence-electron chi connectivity index (χ3n) is 3.40. The van der Waals surface area contributed by atoms with Gasteiger partial charge < -0.3 is 10.0 Å². The van der Waals surface area contributed by atoms with Gasteiger partial charge in [-0.25, -0.2) is 0 Å². The number of carboxylic acid groups (broad SMARTS) is 1. The number of carboxylic acids is 1. The lowest BCUT2D eigenvalue weighted by atomic mass is 9.97. The highest BCUT2D eigenvalue weighted by molar-refractivity contribution is 5.66. The summed E-state index contributed by atoms with van der Waals surface area (Å²) in [6.45, 7) is 7.07. The van der Waals surface area contributed by atoms with Crippen LogP contribution in [0.1, 0.15) is 52.4 Å². The lowest BCUT2D eigenvalue weighted by Gasteiger charge is -2.24. The molecular weight excluding hydrogens is 226 g/mol. The van der Waals surface area contributed by atoms with E-state index in [1.165, 1.54) is 25.7 Å². The number of hydrogen-bond acceptors (Lipinski definition) is 2. The number of rotatable bonds is 8. The standard InChI is InChI=1S/C15H27NO2/c1-13(2)12-16(11-9-15(17)18)10-8-14-6-4-3-5-7-14/h6,13H,3-5,7-12H2,1-2H3,(H,17,18). The van der Waals surface area contributed by atoms with Crippen LogP contribution in [-0.2, 0) is 4.79 Å². The zero-order chi connectivity index (χ0) is 13.4. The highest BCUT2D eigenvalue weighted by Gasteiger charge is 2.11. The molecule has 104 valence electrons. The quantitative estimate of drug-likeness (QED) is 0.675. The van der Waals surface area contributed by atoms with Crippen LogP contribution in [0.15, 0.2) is 11.6 Å². The second-order valence-electron chi connectivity index (χ2n) is 5.70. The summed E-state index contributed by atoms with van der Waals surface area (Å²) >= 11 is 0. The molecule has 0 aromatic heterocycles. The van der Waals surface area contributed by atoms with E-state index in [4.69, 9.17) is 5.11 Å². The molecule has 18 heavy (non-hydrogen) atoms. The predicted molar refractivity (Wildman–Crippen MR) is 74.7 cm³/mol. The molecule has 3 heteroatoms. The van der Waals surface area contributed by atoms with Crippen molar-refractivity contribution in [2.45, 2.75) is 52.4 Å². The largest absolute Gasteiger partial charge is 0.481 e. The average molecular weight is 253 g/mol. The highest BCUT2D eigenvalue weighted by Crippen LogP contribution is 2.20. The van der Waals surface area contributed by atoms with Crippen LogP contribution in [0.2, 0.25) is 0 Å². The van der Waals surface area contributed by atoms with Gasteiger partial charge in [0.1, 0.15) is 0 Å². The molecule has 0 aromatic carbocycles. The van der Waals surface area contributed by atoms with Gasteiger partial charge in [-0.2, -0.15) is 0 Å². The molecule has 0 saturated carbocycles. The first-order valence-corrected chi connectivity index (χ1v) is 7.20. The van der Waals surface area contributed by atoms with Crippen molar-refractivity contribution in [1.82, 2.24) is 4.90 Å². The summed E-state index contributed by atoms with van der Waals surface area (Å²) in [7, 11) is 0. The van der Waals surface area contributed by atoms with E-state index >= 15 is 0 Å². The van der Waals surface area contributed by atoms with Crippen molar-refractivity contribution < 1.29 is 9.90 Å². The first-order valence-electron chi connectivity index (χ1n) is 7.20. The first-order chi connectivity index (χ1) is 8.58. The fraction of sp³-hybridized carbons (Fsp3) is 0.800. The molecule has 0 bridgehead atoms. The van der Waals surface area contributed by atoms with Gasteiger partial charge in [-0.1, -0.05) is 25.5 Å². The van der Waals surface area contributed by atoms with Gasteiger partial charge in [0.05, 0.1) is 6.42 Å². The van der Waals surface area contributed by atoms with E-state index in [9.17, 15) is 4.79 Å². The second-order valence-corrected chi connectivity index (χ2v) is 5.70. The normalized spacial score (nSPS) is 16.1. The highest BCUT2D eigenvalue weighted by atomic mass is 16.4. The lowest BCUT2D eigenvalue weighted by Crippen LogP contribution is -2.31. The van der Waals surface area contributed by atoms with Crippen molar-refractivity contribution in [2.24, 2.45) is 5.92 Å². The SMILES string of the molecule is CC(C)CN(CCC(=O)O)CCC1=CCCCC1. The van der Waals surface area contributed by atoms with Gasteiger partial charge >= 0.3 is 5.97 Å². The van der Waals surface area contributed by atoms with Crippen LogP contribution >= 0.6 is 0 Å². The fourth-order valence-corrected chi connectivity index (χ4v) is 2.50. The van der Waals surface area contributed by atoms with Crippen LogP contribution in [-0.4, -0.2) is 35.6 Å². The van der Waals surface area contributed by atoms with E-state index in [1.807, 2.05) is 0 Å². The topological polar surface area (TPSA) is 40.5 Å². The molecule has 0 aromatic rings. The molecule has 0 radical (unpaired) electrons. The number of nitrogens with zero attached hydrogens (tertiary/aromatic N) is 1. The van der Waals surface area contributed by atoms with Crippen LogP contribution < -0.4 is 0 Å². The molecule has 0 fully saturated rings. The minimum atomic E-state index is -0.694. The molecule has 0 amide bonds. The van der Waals surface area contributed by atoms with Crippen LogP contribution in [0.25, 0.3) is 0 Å². The Kier molecular flexibility index (Phi) is 7.02. The third-order valence-corrected chi connectivity index (χ3v) is 3.40. The van der Waals surface area contributed by atoms with Gasteiger partial charge in [-0.05, 0) is 38.0 Å². The first kappa shape index (κ1) is 15.2. The zero-order valence-corrected chi connectivity index (χ0v) is 11.8. The van der Waals surface area contributed by atoms with Crippen molar-refractivity contribution in [3.8, 4) is 0 Å². The summed E-state index contributed by atoms with van der Waals surface area (Å²) in [5.41, 5.74) is 1.57. The van der Waals surface area contributed by atoms with Crippen molar-refractivity contribution in [1.29, 1.82) is 0 Å². The van der Waals surface area contributed by atoms with Crippen LogP contribution in [0.5, 0.6) is 0 Å². The van der Waals surface area contributed by atoms with Crippen molar-refractivity contribution in [2.75, 3.05) is 19.6 Å². The Labute approximate surface area is 111 Å². The van der Waals surface area contributed by atoms with E-state index in [1.54, 1.807) is 5.57 Å². The van der Waals surface area contributed by atoms with E-state index in [2.05, 4.69) is 24.8 Å². The van der Waals surface area contributed by atoms with E-state index < -0.39 is 5.97 Å². The Morgan fingerprint density at radius 1 is 1.39 bits per heavy atom. The minimum Gasteiger partial charge on any atom is -0.481 e. The number of aliphatic carboxylic acids is 1. The van der Waals surface area contributed by atoms with Gasteiger partial charge in [-0.15, -0.1) is 0 Å². The molecule has 1 rings (SSSR count). The minimum absolute atomic E-state index is 0.256. The molecule has 0 heterocycles. The van der Waals surface area contributed by atoms with Crippen LogP contribution in [0, 0.1) is 5.92 Å². The van der Waals surface area contributed by atoms with Crippen molar-refractivity contribution in [3.63, 3.8) is 0 Å². The Morgan fingerprint density at radius 3 is 2.72 bits per heavy atom. The van der Waals surface area contributed by atoms with Gasteiger partial charge in [0.15, 0.2) is 0 Å². The summed E-state index contributed by atoms with van der Waals surface area (Å²) in [5, 5.41) is 8.78. The smallest absolute Gasteiger partial charge is 0.304 e. The number of allylic oxidation sites excluding steroid dienone is 1. The Morgan fingerprint density at radius 2 is 2.17 bits per heavy atom. The Hall–Kier alpha value is -0.830. The Bertz CT molecular complexity index is 284. The van der Waals surface area contributed by atoms with E-state index in [0.717, 1.165) is 19.5 Å². The molecular formula is C15H27NO2. The molecule has 0 unspecified atom stereocenters. The lowest BCUT2D eigenvalue weighted by molar-refractivity contribution is -0.137. The zero-order valence-electron chi connectivity index (χ0n) is 11.8. The maximum Gasteiger partial charge on any atom is 0.304 e. The summed E-state index contributed by atoms with van der Waals surface area (Å²) < 4.78 is 0. The molecule has 1 aliphatic rings. The molecule has 0 saturated heterocycles. The maximum absolute atomic E-state index is 10.7. The fourth-order valence-electron chi connectivity index (χ4n) is 2.50. The average Bonchev–Trinajstić information content (AvgIpc) is 2.33. The molecule has 1 aliphatic carbocycles. The monoisotopic (exact) mass is 253 g/mol. The number of hydrogen-bond donors (Lipinski definition) is 1. The molecule has 1 N–H and O–H groups in total.